The van der Waals surface area contributed by atoms with E-state index >= 15 is 0 Å². The maximum Gasteiger partial charge on any atom is 0.129 e. The number of rotatable bonds is 5. The second-order valence-electron chi connectivity index (χ2n) is 5.19. The molecule has 2 heterocycles. The van der Waals surface area contributed by atoms with E-state index in [1.165, 1.54) is 12.1 Å². The summed E-state index contributed by atoms with van der Waals surface area (Å²) in [5.74, 6) is 0.429. The Morgan fingerprint density at radius 3 is 2.61 bits per heavy atom. The van der Waals surface area contributed by atoms with Crippen molar-refractivity contribution in [3.63, 3.8) is 0 Å². The van der Waals surface area contributed by atoms with Gasteiger partial charge in [-0.2, -0.15) is 0 Å². The monoisotopic (exact) mass is 308 g/mol. The molecule has 4 nitrogen and oxygen atoms in total. The molecule has 23 heavy (non-hydrogen) atoms. The zero-order chi connectivity index (χ0) is 16.1. The zero-order valence-corrected chi connectivity index (χ0v) is 12.6. The molecule has 3 rings (SSSR count). The molecule has 0 fully saturated rings. The Kier molecular flexibility index (Phi) is 4.68. The van der Waals surface area contributed by atoms with Crippen molar-refractivity contribution in [3.8, 4) is 22.4 Å². The predicted molar refractivity (Wildman–Crippen MR) is 88.0 cm³/mol. The van der Waals surface area contributed by atoms with Crippen molar-refractivity contribution >= 4 is 0 Å². The number of pyridine rings is 1. The van der Waals surface area contributed by atoms with Gasteiger partial charge in [0.25, 0.3) is 0 Å². The molecule has 0 saturated carbocycles. The molecular formula is C18H17FN4. The summed E-state index contributed by atoms with van der Waals surface area (Å²) >= 11 is 0. The van der Waals surface area contributed by atoms with Gasteiger partial charge in [0, 0.05) is 36.1 Å². The molecule has 2 aromatic heterocycles. The molecule has 0 radical (unpaired) electrons. The third-order valence-electron chi connectivity index (χ3n) is 3.53. The van der Waals surface area contributed by atoms with Crippen LogP contribution >= 0.6 is 0 Å². The van der Waals surface area contributed by atoms with Crippen LogP contribution in [-0.4, -0.2) is 21.5 Å². The maximum atomic E-state index is 13.6. The molecule has 0 spiro atoms. The van der Waals surface area contributed by atoms with E-state index in [9.17, 15) is 4.39 Å². The summed E-state index contributed by atoms with van der Waals surface area (Å²) in [6, 6.07) is 10.2. The average molecular weight is 308 g/mol. The van der Waals surface area contributed by atoms with Gasteiger partial charge in [0.2, 0.25) is 0 Å². The first-order valence-corrected chi connectivity index (χ1v) is 7.50. The van der Waals surface area contributed by atoms with E-state index in [4.69, 9.17) is 5.73 Å². The molecule has 0 aliphatic heterocycles. The minimum atomic E-state index is -0.287. The first kappa shape index (κ1) is 15.2. The lowest BCUT2D eigenvalue weighted by molar-refractivity contribution is 0.628. The van der Waals surface area contributed by atoms with E-state index in [0.717, 1.165) is 28.8 Å². The van der Waals surface area contributed by atoms with Crippen LogP contribution in [-0.2, 0) is 6.42 Å². The van der Waals surface area contributed by atoms with Crippen LogP contribution in [0.2, 0.25) is 0 Å². The minimum absolute atomic E-state index is 0.287. The molecule has 116 valence electrons. The summed E-state index contributed by atoms with van der Waals surface area (Å²) in [7, 11) is 0. The standard InChI is InChI=1S/C18H17FN4/c19-15-4-1-3-14(11-15)18-16(13-6-9-21-10-7-13)12-22-17(23-18)5-2-8-20/h1,3-4,6-7,9-12H,2,5,8,20H2. The number of aromatic nitrogens is 3. The van der Waals surface area contributed by atoms with Crippen LogP contribution in [0.15, 0.2) is 55.0 Å². The Balaban J connectivity index is 2.12. The van der Waals surface area contributed by atoms with Crippen molar-refractivity contribution in [2.75, 3.05) is 6.54 Å². The fraction of sp³-hybridized carbons (Fsp3) is 0.167. The predicted octanol–water partition coefficient (Wildman–Crippen LogP) is 3.24. The molecule has 0 aliphatic carbocycles. The number of halogens is 1. The molecule has 5 heteroatoms. The molecular weight excluding hydrogens is 291 g/mol. The zero-order valence-electron chi connectivity index (χ0n) is 12.6. The molecule has 3 aromatic rings. The first-order valence-electron chi connectivity index (χ1n) is 7.50. The lowest BCUT2D eigenvalue weighted by Crippen LogP contribution is -2.04. The van der Waals surface area contributed by atoms with Crippen LogP contribution in [0, 0.1) is 5.82 Å². The van der Waals surface area contributed by atoms with Crippen LogP contribution in [0.4, 0.5) is 4.39 Å². The summed E-state index contributed by atoms with van der Waals surface area (Å²) in [5.41, 5.74) is 8.81. The number of benzene rings is 1. The highest BCUT2D eigenvalue weighted by Crippen LogP contribution is 2.30. The van der Waals surface area contributed by atoms with Crippen molar-refractivity contribution in [1.29, 1.82) is 0 Å². The third kappa shape index (κ3) is 3.57. The lowest BCUT2D eigenvalue weighted by atomic mass is 10.0. The fourth-order valence-corrected chi connectivity index (χ4v) is 2.40. The average Bonchev–Trinajstić information content (AvgIpc) is 2.60. The number of aryl methyl sites for hydroxylation is 1. The Hall–Kier alpha value is -2.66. The molecule has 0 amide bonds. The Labute approximate surface area is 134 Å². The van der Waals surface area contributed by atoms with E-state index in [1.807, 2.05) is 18.2 Å². The van der Waals surface area contributed by atoms with Gasteiger partial charge in [-0.3, -0.25) is 4.98 Å². The highest BCUT2D eigenvalue weighted by molar-refractivity contribution is 5.79. The van der Waals surface area contributed by atoms with Crippen molar-refractivity contribution in [2.45, 2.75) is 12.8 Å². The minimum Gasteiger partial charge on any atom is -0.330 e. The number of nitrogens with zero attached hydrogens (tertiary/aromatic N) is 3. The smallest absolute Gasteiger partial charge is 0.129 e. The lowest BCUT2D eigenvalue weighted by Gasteiger charge is -2.11. The fourth-order valence-electron chi connectivity index (χ4n) is 2.40. The van der Waals surface area contributed by atoms with Crippen LogP contribution < -0.4 is 5.73 Å². The van der Waals surface area contributed by atoms with Crippen LogP contribution in [0.5, 0.6) is 0 Å². The number of nitrogens with two attached hydrogens (primary N) is 1. The van der Waals surface area contributed by atoms with Gasteiger partial charge in [0.05, 0.1) is 5.69 Å². The third-order valence-corrected chi connectivity index (χ3v) is 3.53. The summed E-state index contributed by atoms with van der Waals surface area (Å²) in [6.45, 7) is 0.588. The molecule has 0 saturated heterocycles. The van der Waals surface area contributed by atoms with E-state index in [1.54, 1.807) is 24.7 Å². The van der Waals surface area contributed by atoms with E-state index < -0.39 is 0 Å². The quantitative estimate of drug-likeness (QED) is 0.786. The van der Waals surface area contributed by atoms with Gasteiger partial charge in [-0.25, -0.2) is 14.4 Å². The molecule has 0 atom stereocenters. The molecule has 0 unspecified atom stereocenters. The van der Waals surface area contributed by atoms with E-state index in [-0.39, 0.29) is 5.82 Å². The van der Waals surface area contributed by atoms with Gasteiger partial charge < -0.3 is 5.73 Å². The first-order chi connectivity index (χ1) is 11.3. The van der Waals surface area contributed by atoms with E-state index in [0.29, 0.717) is 18.8 Å². The van der Waals surface area contributed by atoms with Crippen LogP contribution in [0.25, 0.3) is 22.4 Å². The maximum absolute atomic E-state index is 13.6. The van der Waals surface area contributed by atoms with Gasteiger partial charge in [-0.1, -0.05) is 12.1 Å². The normalized spacial score (nSPS) is 10.7. The summed E-state index contributed by atoms with van der Waals surface area (Å²) in [5, 5.41) is 0. The second-order valence-corrected chi connectivity index (χ2v) is 5.19. The summed E-state index contributed by atoms with van der Waals surface area (Å²) in [4.78, 5) is 13.1. The number of hydrogen-bond donors (Lipinski definition) is 1. The van der Waals surface area contributed by atoms with E-state index in [2.05, 4.69) is 15.0 Å². The van der Waals surface area contributed by atoms with Gasteiger partial charge in [0.15, 0.2) is 0 Å². The summed E-state index contributed by atoms with van der Waals surface area (Å²) in [6.07, 6.45) is 6.74. The van der Waals surface area contributed by atoms with Crippen molar-refractivity contribution < 1.29 is 4.39 Å². The molecule has 1 aromatic carbocycles. The van der Waals surface area contributed by atoms with Crippen LogP contribution in [0.3, 0.4) is 0 Å². The van der Waals surface area contributed by atoms with Crippen molar-refractivity contribution in [2.24, 2.45) is 5.73 Å². The highest BCUT2D eigenvalue weighted by Gasteiger charge is 2.12. The molecule has 0 aliphatic rings. The molecule has 0 bridgehead atoms. The Morgan fingerprint density at radius 1 is 1.04 bits per heavy atom. The van der Waals surface area contributed by atoms with Gasteiger partial charge in [0.1, 0.15) is 11.6 Å². The Morgan fingerprint density at radius 2 is 1.87 bits per heavy atom. The van der Waals surface area contributed by atoms with Gasteiger partial charge in [-0.15, -0.1) is 0 Å². The SMILES string of the molecule is NCCCc1ncc(-c2ccncc2)c(-c2cccc(F)c2)n1. The van der Waals surface area contributed by atoms with Gasteiger partial charge in [-0.05, 0) is 42.8 Å². The summed E-state index contributed by atoms with van der Waals surface area (Å²) < 4.78 is 13.6. The van der Waals surface area contributed by atoms with Crippen molar-refractivity contribution in [3.05, 3.63) is 66.6 Å². The Bertz CT molecular complexity index is 790. The topological polar surface area (TPSA) is 64.7 Å². The second kappa shape index (κ2) is 7.07. The highest BCUT2D eigenvalue weighted by atomic mass is 19.1. The number of hydrogen-bond acceptors (Lipinski definition) is 4. The van der Waals surface area contributed by atoms with Crippen molar-refractivity contribution in [1.82, 2.24) is 15.0 Å². The molecule has 2 N–H and O–H groups in total. The van der Waals surface area contributed by atoms with Gasteiger partial charge >= 0.3 is 0 Å². The largest absolute Gasteiger partial charge is 0.330 e. The van der Waals surface area contributed by atoms with Crippen LogP contribution in [0.1, 0.15) is 12.2 Å².